The molecule has 80 valence electrons. The van der Waals surface area contributed by atoms with Gasteiger partial charge >= 0.3 is 0 Å². The standard InChI is InChI=1S/C12H16N2O/c1-2-12(15)14-10(8-13)7-9-5-3-4-6-11(9)14/h3-6,10H,2,7-8,13H2,1H3. The van der Waals surface area contributed by atoms with Gasteiger partial charge < -0.3 is 10.6 Å². The van der Waals surface area contributed by atoms with Crippen LogP contribution in [0.1, 0.15) is 18.9 Å². The van der Waals surface area contributed by atoms with E-state index in [1.165, 1.54) is 5.56 Å². The van der Waals surface area contributed by atoms with Crippen molar-refractivity contribution in [2.45, 2.75) is 25.8 Å². The van der Waals surface area contributed by atoms with Gasteiger partial charge in [-0.05, 0) is 18.1 Å². The fourth-order valence-corrected chi connectivity index (χ4v) is 2.16. The van der Waals surface area contributed by atoms with Crippen LogP contribution in [-0.4, -0.2) is 18.5 Å². The molecule has 2 N–H and O–H groups in total. The lowest BCUT2D eigenvalue weighted by Gasteiger charge is -2.23. The van der Waals surface area contributed by atoms with Crippen molar-refractivity contribution in [3.63, 3.8) is 0 Å². The van der Waals surface area contributed by atoms with Gasteiger partial charge in [-0.1, -0.05) is 25.1 Å². The second-order valence-electron chi connectivity index (χ2n) is 3.84. The van der Waals surface area contributed by atoms with Gasteiger partial charge in [0.05, 0.1) is 6.04 Å². The third kappa shape index (κ3) is 1.63. The highest BCUT2D eigenvalue weighted by Gasteiger charge is 2.31. The number of hydrogen-bond donors (Lipinski definition) is 1. The van der Waals surface area contributed by atoms with Crippen molar-refractivity contribution >= 4 is 11.6 Å². The zero-order valence-electron chi connectivity index (χ0n) is 8.94. The van der Waals surface area contributed by atoms with E-state index in [2.05, 4.69) is 6.07 Å². The summed E-state index contributed by atoms with van der Waals surface area (Å²) in [4.78, 5) is 13.7. The summed E-state index contributed by atoms with van der Waals surface area (Å²) in [6, 6.07) is 8.19. The van der Waals surface area contributed by atoms with Crippen LogP contribution in [0.3, 0.4) is 0 Å². The maximum atomic E-state index is 11.8. The lowest BCUT2D eigenvalue weighted by molar-refractivity contribution is -0.118. The SMILES string of the molecule is CCC(=O)N1c2ccccc2CC1CN. The Morgan fingerprint density at radius 3 is 2.93 bits per heavy atom. The van der Waals surface area contributed by atoms with E-state index in [0.29, 0.717) is 13.0 Å². The van der Waals surface area contributed by atoms with Gasteiger partial charge in [0.25, 0.3) is 0 Å². The Bertz CT molecular complexity index is 376. The Morgan fingerprint density at radius 2 is 2.27 bits per heavy atom. The summed E-state index contributed by atoms with van der Waals surface area (Å²) in [6.07, 6.45) is 1.42. The number of para-hydroxylation sites is 1. The molecule has 1 aromatic carbocycles. The molecule has 2 rings (SSSR count). The molecule has 1 unspecified atom stereocenters. The number of rotatable bonds is 2. The molecule has 3 nitrogen and oxygen atoms in total. The largest absolute Gasteiger partial charge is 0.328 e. The lowest BCUT2D eigenvalue weighted by Crippen LogP contribution is -2.41. The van der Waals surface area contributed by atoms with Crippen LogP contribution in [-0.2, 0) is 11.2 Å². The van der Waals surface area contributed by atoms with Crippen molar-refractivity contribution in [2.75, 3.05) is 11.4 Å². The molecular formula is C12H16N2O. The van der Waals surface area contributed by atoms with Crippen LogP contribution in [0.15, 0.2) is 24.3 Å². The zero-order valence-corrected chi connectivity index (χ0v) is 8.94. The fourth-order valence-electron chi connectivity index (χ4n) is 2.16. The summed E-state index contributed by atoms with van der Waals surface area (Å²) in [5.41, 5.74) is 7.97. The van der Waals surface area contributed by atoms with E-state index in [1.54, 1.807) is 0 Å². The van der Waals surface area contributed by atoms with E-state index < -0.39 is 0 Å². The van der Waals surface area contributed by atoms with E-state index in [1.807, 2.05) is 30.0 Å². The van der Waals surface area contributed by atoms with Gasteiger partial charge in [0.2, 0.25) is 5.91 Å². The van der Waals surface area contributed by atoms with Gasteiger partial charge in [-0.3, -0.25) is 4.79 Å². The minimum atomic E-state index is 0.148. The molecule has 0 saturated carbocycles. The second kappa shape index (κ2) is 4.03. The quantitative estimate of drug-likeness (QED) is 0.789. The highest BCUT2D eigenvalue weighted by atomic mass is 16.2. The zero-order chi connectivity index (χ0) is 10.8. The Morgan fingerprint density at radius 1 is 1.53 bits per heavy atom. The highest BCUT2D eigenvalue weighted by molar-refractivity contribution is 5.96. The Balaban J connectivity index is 2.38. The maximum Gasteiger partial charge on any atom is 0.227 e. The summed E-state index contributed by atoms with van der Waals surface area (Å²) in [5.74, 6) is 0.162. The van der Waals surface area contributed by atoms with Crippen LogP contribution < -0.4 is 10.6 Å². The molecule has 0 spiro atoms. The molecule has 0 radical (unpaired) electrons. The maximum absolute atomic E-state index is 11.8. The van der Waals surface area contributed by atoms with Gasteiger partial charge in [-0.15, -0.1) is 0 Å². The monoisotopic (exact) mass is 204 g/mol. The number of amides is 1. The first-order valence-electron chi connectivity index (χ1n) is 5.38. The fraction of sp³-hybridized carbons (Fsp3) is 0.417. The predicted molar refractivity (Wildman–Crippen MR) is 60.8 cm³/mol. The van der Waals surface area contributed by atoms with Crippen LogP contribution >= 0.6 is 0 Å². The van der Waals surface area contributed by atoms with E-state index in [9.17, 15) is 4.79 Å². The molecule has 1 aromatic rings. The molecular weight excluding hydrogens is 188 g/mol. The molecule has 1 aliphatic heterocycles. The van der Waals surface area contributed by atoms with Gasteiger partial charge in [-0.2, -0.15) is 0 Å². The van der Waals surface area contributed by atoms with Crippen LogP contribution in [0.25, 0.3) is 0 Å². The minimum Gasteiger partial charge on any atom is -0.328 e. The van der Waals surface area contributed by atoms with Gasteiger partial charge in [0.15, 0.2) is 0 Å². The first-order valence-corrected chi connectivity index (χ1v) is 5.38. The molecule has 0 aliphatic carbocycles. The summed E-state index contributed by atoms with van der Waals surface area (Å²) in [7, 11) is 0. The lowest BCUT2D eigenvalue weighted by atomic mass is 10.1. The molecule has 1 aliphatic rings. The number of fused-ring (bicyclic) bond motifs is 1. The van der Waals surface area contributed by atoms with Crippen molar-refractivity contribution in [3.05, 3.63) is 29.8 Å². The number of carbonyl (C=O) groups excluding carboxylic acids is 1. The van der Waals surface area contributed by atoms with E-state index in [0.717, 1.165) is 12.1 Å². The first-order chi connectivity index (χ1) is 7.27. The minimum absolute atomic E-state index is 0.148. The third-order valence-electron chi connectivity index (χ3n) is 2.92. The van der Waals surface area contributed by atoms with E-state index >= 15 is 0 Å². The summed E-state index contributed by atoms with van der Waals surface area (Å²) in [5, 5.41) is 0. The summed E-state index contributed by atoms with van der Waals surface area (Å²) in [6.45, 7) is 2.41. The normalized spacial score (nSPS) is 19.1. The molecule has 1 atom stereocenters. The number of carbonyl (C=O) groups is 1. The predicted octanol–water partition coefficient (Wildman–Crippen LogP) is 1.31. The Kier molecular flexibility index (Phi) is 2.73. The highest BCUT2D eigenvalue weighted by Crippen LogP contribution is 2.31. The van der Waals surface area contributed by atoms with E-state index in [4.69, 9.17) is 5.73 Å². The van der Waals surface area contributed by atoms with Gasteiger partial charge in [0.1, 0.15) is 0 Å². The molecule has 3 heteroatoms. The van der Waals surface area contributed by atoms with Gasteiger partial charge in [-0.25, -0.2) is 0 Å². The second-order valence-corrected chi connectivity index (χ2v) is 3.84. The number of nitrogens with two attached hydrogens (primary N) is 1. The van der Waals surface area contributed by atoms with Crippen LogP contribution in [0.5, 0.6) is 0 Å². The number of hydrogen-bond acceptors (Lipinski definition) is 2. The van der Waals surface area contributed by atoms with Crippen LogP contribution in [0, 0.1) is 0 Å². The smallest absolute Gasteiger partial charge is 0.227 e. The number of nitrogens with zero attached hydrogens (tertiary/aromatic N) is 1. The average molecular weight is 204 g/mol. The van der Waals surface area contributed by atoms with Gasteiger partial charge in [0, 0.05) is 18.7 Å². The van der Waals surface area contributed by atoms with Crippen molar-refractivity contribution in [2.24, 2.45) is 5.73 Å². The van der Waals surface area contributed by atoms with E-state index in [-0.39, 0.29) is 11.9 Å². The number of benzene rings is 1. The topological polar surface area (TPSA) is 46.3 Å². The molecule has 15 heavy (non-hydrogen) atoms. The third-order valence-corrected chi connectivity index (χ3v) is 2.92. The van der Waals surface area contributed by atoms with Crippen molar-refractivity contribution in [1.82, 2.24) is 0 Å². The molecule has 0 bridgehead atoms. The van der Waals surface area contributed by atoms with Crippen molar-refractivity contribution < 1.29 is 4.79 Å². The molecule has 0 aromatic heterocycles. The Hall–Kier alpha value is -1.35. The summed E-state index contributed by atoms with van der Waals surface area (Å²) >= 11 is 0. The molecule has 1 amide bonds. The summed E-state index contributed by atoms with van der Waals surface area (Å²) < 4.78 is 0. The number of anilines is 1. The van der Waals surface area contributed by atoms with Crippen molar-refractivity contribution in [3.8, 4) is 0 Å². The van der Waals surface area contributed by atoms with Crippen LogP contribution in [0.2, 0.25) is 0 Å². The molecule has 0 fully saturated rings. The Labute approximate surface area is 89.9 Å². The molecule has 1 heterocycles. The average Bonchev–Trinajstić information content (AvgIpc) is 2.66. The first kappa shape index (κ1) is 10.2. The van der Waals surface area contributed by atoms with Crippen LogP contribution in [0.4, 0.5) is 5.69 Å². The molecule has 0 saturated heterocycles. The van der Waals surface area contributed by atoms with Crippen molar-refractivity contribution in [1.29, 1.82) is 0 Å².